The van der Waals surface area contributed by atoms with Crippen molar-refractivity contribution in [3.8, 4) is 5.75 Å². The SMILES string of the molecule is COc1ccccc1[C@H]1CN(c2cnccn2)CCN1C. The molecule has 0 bridgehead atoms. The number of anilines is 1. The summed E-state index contributed by atoms with van der Waals surface area (Å²) in [5.41, 5.74) is 1.22. The molecule has 3 rings (SSSR count). The molecule has 5 heteroatoms. The predicted molar refractivity (Wildman–Crippen MR) is 82.6 cm³/mol. The van der Waals surface area contributed by atoms with Gasteiger partial charge in [0.15, 0.2) is 0 Å². The molecule has 0 saturated carbocycles. The Hall–Kier alpha value is -2.14. The summed E-state index contributed by atoms with van der Waals surface area (Å²) in [4.78, 5) is 13.2. The maximum absolute atomic E-state index is 5.51. The quantitative estimate of drug-likeness (QED) is 0.862. The van der Waals surface area contributed by atoms with Gasteiger partial charge in [0.25, 0.3) is 0 Å². The number of methoxy groups -OCH3 is 1. The lowest BCUT2D eigenvalue weighted by Gasteiger charge is -2.40. The molecule has 0 spiro atoms. The maximum Gasteiger partial charge on any atom is 0.147 e. The number of rotatable bonds is 3. The minimum atomic E-state index is 0.289. The van der Waals surface area contributed by atoms with Crippen LogP contribution in [0.25, 0.3) is 0 Å². The lowest BCUT2D eigenvalue weighted by atomic mass is 10.0. The topological polar surface area (TPSA) is 41.5 Å². The predicted octanol–water partition coefficient (Wildman–Crippen LogP) is 1.98. The standard InChI is InChI=1S/C16H20N4O/c1-19-9-10-20(16-11-17-7-8-18-16)12-14(19)13-5-3-4-6-15(13)21-2/h3-8,11,14H,9-10,12H2,1-2H3/t14-/m1/s1. The molecule has 110 valence electrons. The second kappa shape index (κ2) is 6.10. The number of ether oxygens (including phenoxy) is 1. The van der Waals surface area contributed by atoms with Crippen LogP contribution in [0.2, 0.25) is 0 Å². The number of piperazine rings is 1. The highest BCUT2D eigenvalue weighted by Crippen LogP contribution is 2.32. The fourth-order valence-corrected chi connectivity index (χ4v) is 2.81. The molecule has 1 fully saturated rings. The molecule has 0 amide bonds. The van der Waals surface area contributed by atoms with Gasteiger partial charge in [-0.2, -0.15) is 0 Å². The van der Waals surface area contributed by atoms with Crippen molar-refractivity contribution in [2.75, 3.05) is 38.7 Å². The first-order valence-corrected chi connectivity index (χ1v) is 7.13. The molecular weight excluding hydrogens is 264 g/mol. The normalized spacial score (nSPS) is 19.5. The molecule has 2 aromatic rings. The van der Waals surface area contributed by atoms with Crippen molar-refractivity contribution in [1.29, 1.82) is 0 Å². The smallest absolute Gasteiger partial charge is 0.147 e. The van der Waals surface area contributed by atoms with Gasteiger partial charge in [0, 0.05) is 37.6 Å². The highest BCUT2D eigenvalue weighted by molar-refractivity contribution is 5.41. The lowest BCUT2D eigenvalue weighted by molar-refractivity contribution is 0.216. The first-order chi connectivity index (χ1) is 10.3. The molecule has 1 aliphatic rings. The molecule has 1 saturated heterocycles. The maximum atomic E-state index is 5.51. The minimum Gasteiger partial charge on any atom is -0.496 e. The highest BCUT2D eigenvalue weighted by atomic mass is 16.5. The van der Waals surface area contributed by atoms with Crippen molar-refractivity contribution in [2.45, 2.75) is 6.04 Å². The molecule has 1 aromatic carbocycles. The van der Waals surface area contributed by atoms with Crippen molar-refractivity contribution in [3.05, 3.63) is 48.4 Å². The molecule has 0 N–H and O–H groups in total. The third kappa shape index (κ3) is 2.83. The summed E-state index contributed by atoms with van der Waals surface area (Å²) >= 11 is 0. The van der Waals surface area contributed by atoms with E-state index in [0.717, 1.165) is 31.2 Å². The zero-order valence-electron chi connectivity index (χ0n) is 12.4. The van der Waals surface area contributed by atoms with Crippen LogP contribution in [0.5, 0.6) is 5.75 Å². The third-order valence-corrected chi connectivity index (χ3v) is 4.02. The van der Waals surface area contributed by atoms with Crippen molar-refractivity contribution >= 4 is 5.82 Å². The second-order valence-corrected chi connectivity index (χ2v) is 5.25. The van der Waals surface area contributed by atoms with E-state index in [1.54, 1.807) is 19.5 Å². The number of hydrogen-bond donors (Lipinski definition) is 0. The number of aromatic nitrogens is 2. The molecule has 0 unspecified atom stereocenters. The summed E-state index contributed by atoms with van der Waals surface area (Å²) < 4.78 is 5.51. The summed E-state index contributed by atoms with van der Waals surface area (Å²) in [6.45, 7) is 2.83. The Morgan fingerprint density at radius 1 is 1.19 bits per heavy atom. The number of para-hydroxylation sites is 1. The molecule has 21 heavy (non-hydrogen) atoms. The van der Waals surface area contributed by atoms with Crippen molar-refractivity contribution in [3.63, 3.8) is 0 Å². The van der Waals surface area contributed by atoms with E-state index >= 15 is 0 Å². The molecule has 1 aliphatic heterocycles. The lowest BCUT2D eigenvalue weighted by Crippen LogP contribution is -2.47. The van der Waals surface area contributed by atoms with E-state index < -0.39 is 0 Å². The van der Waals surface area contributed by atoms with Crippen LogP contribution in [0.4, 0.5) is 5.82 Å². The Labute approximate surface area is 125 Å². The fraction of sp³-hybridized carbons (Fsp3) is 0.375. The van der Waals surface area contributed by atoms with Crippen molar-refractivity contribution in [1.82, 2.24) is 14.9 Å². The summed E-state index contributed by atoms with van der Waals surface area (Å²) in [6.07, 6.45) is 5.27. The van der Waals surface area contributed by atoms with Crippen LogP contribution in [0.3, 0.4) is 0 Å². The van der Waals surface area contributed by atoms with Gasteiger partial charge in [-0.05, 0) is 13.1 Å². The van der Waals surface area contributed by atoms with Crippen LogP contribution in [-0.2, 0) is 0 Å². The number of nitrogens with zero attached hydrogens (tertiary/aromatic N) is 4. The molecule has 0 radical (unpaired) electrons. The van der Waals surface area contributed by atoms with Gasteiger partial charge < -0.3 is 9.64 Å². The van der Waals surface area contributed by atoms with Gasteiger partial charge in [-0.3, -0.25) is 9.88 Å². The molecule has 1 atom stereocenters. The van der Waals surface area contributed by atoms with E-state index in [1.807, 2.05) is 18.3 Å². The monoisotopic (exact) mass is 284 g/mol. The van der Waals surface area contributed by atoms with Crippen molar-refractivity contribution < 1.29 is 4.74 Å². The molecule has 1 aromatic heterocycles. The van der Waals surface area contributed by atoms with Crippen LogP contribution in [-0.4, -0.2) is 48.7 Å². The first kappa shape index (κ1) is 13.8. The first-order valence-electron chi connectivity index (χ1n) is 7.13. The van der Waals surface area contributed by atoms with Crippen LogP contribution < -0.4 is 9.64 Å². The third-order valence-electron chi connectivity index (χ3n) is 4.02. The van der Waals surface area contributed by atoms with Gasteiger partial charge >= 0.3 is 0 Å². The summed E-state index contributed by atoms with van der Waals surface area (Å²) in [7, 11) is 3.88. The highest BCUT2D eigenvalue weighted by Gasteiger charge is 2.28. The zero-order chi connectivity index (χ0) is 14.7. The summed E-state index contributed by atoms with van der Waals surface area (Å²) in [5.74, 6) is 1.88. The average molecular weight is 284 g/mol. The van der Waals surface area contributed by atoms with E-state index in [0.29, 0.717) is 0 Å². The molecule has 5 nitrogen and oxygen atoms in total. The van der Waals surface area contributed by atoms with E-state index in [4.69, 9.17) is 4.74 Å². The van der Waals surface area contributed by atoms with E-state index in [2.05, 4.69) is 38.9 Å². The van der Waals surface area contributed by atoms with E-state index in [9.17, 15) is 0 Å². The van der Waals surface area contributed by atoms with E-state index in [-0.39, 0.29) is 6.04 Å². The average Bonchev–Trinajstić information content (AvgIpc) is 2.56. The van der Waals surface area contributed by atoms with Gasteiger partial charge in [-0.25, -0.2) is 4.98 Å². The van der Waals surface area contributed by atoms with Gasteiger partial charge in [0.05, 0.1) is 19.3 Å². The van der Waals surface area contributed by atoms with Gasteiger partial charge in [0.2, 0.25) is 0 Å². The Balaban J connectivity index is 1.87. The van der Waals surface area contributed by atoms with Gasteiger partial charge in [0.1, 0.15) is 11.6 Å². The van der Waals surface area contributed by atoms with Crippen LogP contribution in [0.15, 0.2) is 42.9 Å². The fourth-order valence-electron chi connectivity index (χ4n) is 2.81. The van der Waals surface area contributed by atoms with Gasteiger partial charge in [-0.1, -0.05) is 18.2 Å². The second-order valence-electron chi connectivity index (χ2n) is 5.25. The number of hydrogen-bond acceptors (Lipinski definition) is 5. The van der Waals surface area contributed by atoms with Crippen LogP contribution >= 0.6 is 0 Å². The Morgan fingerprint density at radius 2 is 2.05 bits per heavy atom. The number of likely N-dealkylation sites (N-methyl/N-ethyl adjacent to an activating group) is 1. The van der Waals surface area contributed by atoms with Crippen molar-refractivity contribution in [2.24, 2.45) is 0 Å². The Bertz CT molecular complexity index is 590. The zero-order valence-corrected chi connectivity index (χ0v) is 12.4. The van der Waals surface area contributed by atoms with Gasteiger partial charge in [-0.15, -0.1) is 0 Å². The van der Waals surface area contributed by atoms with Crippen LogP contribution in [0, 0.1) is 0 Å². The Kier molecular flexibility index (Phi) is 4.01. The molecular formula is C16H20N4O. The van der Waals surface area contributed by atoms with E-state index in [1.165, 1.54) is 5.56 Å². The molecule has 0 aliphatic carbocycles. The molecule has 2 heterocycles. The largest absolute Gasteiger partial charge is 0.496 e. The Morgan fingerprint density at radius 3 is 2.81 bits per heavy atom. The summed E-state index contributed by atoms with van der Waals surface area (Å²) in [6, 6.07) is 8.51. The van der Waals surface area contributed by atoms with Crippen LogP contribution in [0.1, 0.15) is 11.6 Å². The minimum absolute atomic E-state index is 0.289. The summed E-state index contributed by atoms with van der Waals surface area (Å²) in [5, 5.41) is 0. The number of benzene rings is 1.